The number of piperidine rings is 1. The van der Waals surface area contributed by atoms with E-state index in [4.69, 9.17) is 0 Å². The van der Waals surface area contributed by atoms with Crippen LogP contribution in [0.15, 0.2) is 18.2 Å². The van der Waals surface area contributed by atoms with Crippen molar-refractivity contribution in [2.24, 2.45) is 0 Å². The molecule has 0 radical (unpaired) electrons. The molecule has 1 saturated carbocycles. The van der Waals surface area contributed by atoms with Crippen LogP contribution in [0, 0.1) is 13.8 Å². The number of benzene rings is 1. The molecule has 1 aromatic rings. The fourth-order valence-electron chi connectivity index (χ4n) is 4.63. The van der Waals surface area contributed by atoms with Gasteiger partial charge in [-0.25, -0.2) is 4.79 Å². The van der Waals surface area contributed by atoms with Crippen LogP contribution in [0.3, 0.4) is 0 Å². The van der Waals surface area contributed by atoms with E-state index >= 15 is 0 Å². The fourth-order valence-corrected chi connectivity index (χ4v) is 4.63. The highest BCUT2D eigenvalue weighted by atomic mass is 16.2. The van der Waals surface area contributed by atoms with Crippen molar-refractivity contribution in [1.29, 1.82) is 0 Å². The SMILES string of the molecule is CC(=O)N1CCC(N(C(=O)Nc2ccc(C)c(C)c2)C2CCCCCC2)CC1. The number of anilines is 1. The Morgan fingerprint density at radius 1 is 0.929 bits per heavy atom. The van der Waals surface area contributed by atoms with Gasteiger partial charge in [0.05, 0.1) is 0 Å². The largest absolute Gasteiger partial charge is 0.343 e. The smallest absolute Gasteiger partial charge is 0.322 e. The number of amides is 3. The van der Waals surface area contributed by atoms with E-state index in [1.165, 1.54) is 36.8 Å². The maximum atomic E-state index is 13.4. The van der Waals surface area contributed by atoms with Gasteiger partial charge in [-0.2, -0.15) is 0 Å². The quantitative estimate of drug-likeness (QED) is 0.755. The van der Waals surface area contributed by atoms with Gasteiger partial charge in [0.25, 0.3) is 0 Å². The number of rotatable bonds is 3. The van der Waals surface area contributed by atoms with Crippen molar-refractivity contribution >= 4 is 17.6 Å². The lowest BCUT2D eigenvalue weighted by atomic mass is 9.98. The molecule has 5 heteroatoms. The first-order chi connectivity index (χ1) is 13.5. The van der Waals surface area contributed by atoms with E-state index in [9.17, 15) is 9.59 Å². The number of carbonyl (C=O) groups is 2. The summed E-state index contributed by atoms with van der Waals surface area (Å²) in [5.41, 5.74) is 3.29. The summed E-state index contributed by atoms with van der Waals surface area (Å²) in [5.74, 6) is 0.138. The first kappa shape index (κ1) is 20.7. The lowest BCUT2D eigenvalue weighted by Crippen LogP contribution is -2.53. The summed E-state index contributed by atoms with van der Waals surface area (Å²) in [6.07, 6.45) is 8.86. The zero-order chi connectivity index (χ0) is 20.1. The van der Waals surface area contributed by atoms with Gasteiger partial charge >= 0.3 is 6.03 Å². The third-order valence-corrected chi connectivity index (χ3v) is 6.51. The molecule has 1 saturated heterocycles. The minimum atomic E-state index is 0.0245. The highest BCUT2D eigenvalue weighted by molar-refractivity contribution is 5.90. The van der Waals surface area contributed by atoms with Crippen LogP contribution in [-0.2, 0) is 4.79 Å². The summed E-state index contributed by atoms with van der Waals surface area (Å²) >= 11 is 0. The van der Waals surface area contributed by atoms with Gasteiger partial charge < -0.3 is 15.1 Å². The molecule has 5 nitrogen and oxygen atoms in total. The van der Waals surface area contributed by atoms with Crippen molar-refractivity contribution in [1.82, 2.24) is 9.80 Å². The number of carbonyl (C=O) groups excluding carboxylic acids is 2. The molecule has 0 atom stereocenters. The molecule has 1 N–H and O–H groups in total. The van der Waals surface area contributed by atoms with Gasteiger partial charge in [-0.15, -0.1) is 0 Å². The maximum absolute atomic E-state index is 13.4. The molecule has 1 aromatic carbocycles. The first-order valence-electron chi connectivity index (χ1n) is 10.9. The van der Waals surface area contributed by atoms with Crippen molar-refractivity contribution in [2.45, 2.75) is 84.2 Å². The predicted molar refractivity (Wildman–Crippen MR) is 114 cm³/mol. The monoisotopic (exact) mass is 385 g/mol. The van der Waals surface area contributed by atoms with Crippen LogP contribution in [0.25, 0.3) is 0 Å². The molecule has 3 amide bonds. The molecule has 0 aromatic heterocycles. The summed E-state index contributed by atoms with van der Waals surface area (Å²) in [6, 6.07) is 6.65. The average molecular weight is 386 g/mol. The highest BCUT2D eigenvalue weighted by Crippen LogP contribution is 2.28. The number of hydrogen-bond donors (Lipinski definition) is 1. The number of likely N-dealkylation sites (tertiary alicyclic amines) is 1. The standard InChI is InChI=1S/C23H35N3O2/c1-17-10-11-20(16-18(17)2)24-23(28)26(21-8-6-4-5-7-9-21)22-12-14-25(15-13-22)19(3)27/h10-11,16,21-22H,4-9,12-15H2,1-3H3,(H,24,28). The Kier molecular flexibility index (Phi) is 6.97. The second-order valence-electron chi connectivity index (χ2n) is 8.52. The van der Waals surface area contributed by atoms with Crippen molar-refractivity contribution < 1.29 is 9.59 Å². The predicted octanol–water partition coefficient (Wildman–Crippen LogP) is 4.87. The topological polar surface area (TPSA) is 52.7 Å². The molecule has 2 aliphatic rings. The number of nitrogens with zero attached hydrogens (tertiary/aromatic N) is 2. The summed E-state index contributed by atoms with van der Waals surface area (Å²) in [7, 11) is 0. The number of hydrogen-bond acceptors (Lipinski definition) is 2. The zero-order valence-electron chi connectivity index (χ0n) is 17.7. The first-order valence-corrected chi connectivity index (χ1v) is 10.9. The Hall–Kier alpha value is -2.04. The Labute approximate surface area is 169 Å². The van der Waals surface area contributed by atoms with Crippen molar-refractivity contribution in [3.8, 4) is 0 Å². The van der Waals surface area contributed by atoms with Crippen molar-refractivity contribution in [2.75, 3.05) is 18.4 Å². The van der Waals surface area contributed by atoms with Crippen molar-refractivity contribution in [3.05, 3.63) is 29.3 Å². The normalized spacial score (nSPS) is 19.2. The zero-order valence-corrected chi connectivity index (χ0v) is 17.7. The minimum absolute atomic E-state index is 0.0245. The highest BCUT2D eigenvalue weighted by Gasteiger charge is 2.34. The molecule has 0 spiro atoms. The van der Waals surface area contributed by atoms with Crippen LogP contribution in [-0.4, -0.2) is 46.9 Å². The van der Waals surface area contributed by atoms with Gasteiger partial charge in [0.2, 0.25) is 5.91 Å². The maximum Gasteiger partial charge on any atom is 0.322 e. The van der Waals surface area contributed by atoms with E-state index in [2.05, 4.69) is 36.2 Å². The van der Waals surface area contributed by atoms with Crippen LogP contribution < -0.4 is 5.32 Å². The molecule has 28 heavy (non-hydrogen) atoms. The number of aryl methyl sites for hydroxylation is 2. The fraction of sp³-hybridized carbons (Fsp3) is 0.652. The Morgan fingerprint density at radius 2 is 1.54 bits per heavy atom. The molecule has 1 aliphatic carbocycles. The molecule has 1 heterocycles. The minimum Gasteiger partial charge on any atom is -0.343 e. The summed E-state index contributed by atoms with van der Waals surface area (Å²) < 4.78 is 0. The molecule has 0 unspecified atom stereocenters. The van der Waals surface area contributed by atoms with E-state index in [1.54, 1.807) is 6.92 Å². The lowest BCUT2D eigenvalue weighted by molar-refractivity contribution is -0.130. The Bertz CT molecular complexity index is 687. The second-order valence-corrected chi connectivity index (χ2v) is 8.52. The molecule has 154 valence electrons. The van der Waals surface area contributed by atoms with Crippen LogP contribution >= 0.6 is 0 Å². The summed E-state index contributed by atoms with van der Waals surface area (Å²) in [5, 5.41) is 3.17. The third kappa shape index (κ3) is 5.06. The summed E-state index contributed by atoms with van der Waals surface area (Å²) in [4.78, 5) is 29.1. The van der Waals surface area contributed by atoms with E-state index in [1.807, 2.05) is 11.0 Å². The van der Waals surface area contributed by atoms with Crippen molar-refractivity contribution in [3.63, 3.8) is 0 Å². The van der Waals surface area contributed by atoms with Gasteiger partial charge in [-0.1, -0.05) is 31.7 Å². The number of nitrogens with one attached hydrogen (secondary N) is 1. The summed E-state index contributed by atoms with van der Waals surface area (Å²) in [6.45, 7) is 7.29. The van der Waals surface area contributed by atoms with Gasteiger partial charge in [-0.05, 0) is 62.8 Å². The third-order valence-electron chi connectivity index (χ3n) is 6.51. The van der Waals surface area contributed by atoms with Crippen LogP contribution in [0.1, 0.15) is 69.4 Å². The Morgan fingerprint density at radius 3 is 2.11 bits per heavy atom. The van der Waals surface area contributed by atoms with E-state index in [-0.39, 0.29) is 18.0 Å². The van der Waals surface area contributed by atoms with E-state index < -0.39 is 0 Å². The average Bonchev–Trinajstić information content (AvgIpc) is 2.95. The molecular formula is C23H35N3O2. The van der Waals surface area contributed by atoms with Crippen LogP contribution in [0.5, 0.6) is 0 Å². The van der Waals surface area contributed by atoms with E-state index in [0.717, 1.165) is 44.5 Å². The van der Waals surface area contributed by atoms with Crippen LogP contribution in [0.2, 0.25) is 0 Å². The molecular weight excluding hydrogens is 350 g/mol. The van der Waals surface area contributed by atoms with Gasteiger partial charge in [-0.3, -0.25) is 4.79 Å². The molecule has 3 rings (SSSR count). The van der Waals surface area contributed by atoms with E-state index in [0.29, 0.717) is 6.04 Å². The number of urea groups is 1. The second kappa shape index (κ2) is 9.44. The lowest BCUT2D eigenvalue weighted by Gasteiger charge is -2.42. The van der Waals surface area contributed by atoms with Crippen LogP contribution in [0.4, 0.5) is 10.5 Å². The van der Waals surface area contributed by atoms with Gasteiger partial charge in [0.1, 0.15) is 0 Å². The van der Waals surface area contributed by atoms with Gasteiger partial charge in [0.15, 0.2) is 0 Å². The molecule has 2 fully saturated rings. The molecule has 0 bridgehead atoms. The molecule has 1 aliphatic heterocycles. The Balaban J connectivity index is 1.75. The van der Waals surface area contributed by atoms with Gasteiger partial charge in [0, 0.05) is 37.8 Å².